The number of carbonyl (C=O) groups is 1. The molecule has 0 aliphatic rings. The fourth-order valence-electron chi connectivity index (χ4n) is 4.97. The van der Waals surface area contributed by atoms with E-state index in [2.05, 4.69) is 20.3 Å². The molecular formula is C34H32F2N6O4. The van der Waals surface area contributed by atoms with Crippen molar-refractivity contribution in [2.75, 3.05) is 40.2 Å². The Balaban J connectivity index is 1.63. The van der Waals surface area contributed by atoms with Crippen LogP contribution in [0.25, 0.3) is 22.0 Å². The lowest BCUT2D eigenvalue weighted by molar-refractivity contribution is -0.114. The number of benzene rings is 2. The molecule has 0 saturated heterocycles. The number of anilines is 2. The minimum atomic E-state index is -1.04. The SMILES string of the molecule is COc1cc(OC)c(F)c(-c2cc3cnc(Nc4ccncn4)cc3n(Cc3cccc(CC(=O)/C=C/CN(C)C)c3)c2=O)c1F. The van der Waals surface area contributed by atoms with E-state index in [1.165, 1.54) is 37.4 Å². The molecule has 5 aromatic rings. The number of methoxy groups -OCH3 is 2. The van der Waals surface area contributed by atoms with Crippen LogP contribution in [0.5, 0.6) is 11.5 Å². The van der Waals surface area contributed by atoms with Crippen LogP contribution in [0.1, 0.15) is 11.1 Å². The van der Waals surface area contributed by atoms with Crippen LogP contribution in [0, 0.1) is 11.6 Å². The number of pyridine rings is 2. The number of nitrogens with zero attached hydrogens (tertiary/aromatic N) is 5. The molecule has 0 amide bonds. The third kappa shape index (κ3) is 7.08. The molecule has 0 atom stereocenters. The summed E-state index contributed by atoms with van der Waals surface area (Å²) in [5.41, 5.74) is 0.429. The third-order valence-corrected chi connectivity index (χ3v) is 7.14. The summed E-state index contributed by atoms with van der Waals surface area (Å²) in [6.07, 6.45) is 7.98. The average molecular weight is 627 g/mol. The summed E-state index contributed by atoms with van der Waals surface area (Å²) in [5, 5.41) is 3.52. The number of likely N-dealkylation sites (N-methyl/N-ethyl adjacent to an activating group) is 1. The van der Waals surface area contributed by atoms with Crippen molar-refractivity contribution in [3.05, 3.63) is 113 Å². The van der Waals surface area contributed by atoms with Gasteiger partial charge in [0.15, 0.2) is 28.9 Å². The zero-order chi connectivity index (χ0) is 32.8. The van der Waals surface area contributed by atoms with Gasteiger partial charge in [0.1, 0.15) is 18.0 Å². The van der Waals surface area contributed by atoms with Crippen molar-refractivity contribution in [2.45, 2.75) is 13.0 Å². The Labute approximate surface area is 264 Å². The molecule has 0 bridgehead atoms. The quantitative estimate of drug-likeness (QED) is 0.188. The van der Waals surface area contributed by atoms with E-state index >= 15 is 8.78 Å². The highest BCUT2D eigenvalue weighted by Gasteiger charge is 2.25. The number of halogens is 2. The van der Waals surface area contributed by atoms with Gasteiger partial charge in [0, 0.05) is 42.9 Å². The van der Waals surface area contributed by atoms with Crippen LogP contribution in [0.4, 0.5) is 20.4 Å². The number of aromatic nitrogens is 4. The Morgan fingerprint density at radius 2 is 1.72 bits per heavy atom. The number of carbonyl (C=O) groups excluding carboxylic acids is 1. The van der Waals surface area contributed by atoms with Crippen LogP contribution < -0.4 is 20.3 Å². The number of nitrogens with one attached hydrogen (secondary N) is 1. The van der Waals surface area contributed by atoms with Crippen molar-refractivity contribution in [1.82, 2.24) is 24.4 Å². The highest BCUT2D eigenvalue weighted by Crippen LogP contribution is 2.37. The van der Waals surface area contributed by atoms with Crippen molar-refractivity contribution in [2.24, 2.45) is 0 Å². The molecule has 46 heavy (non-hydrogen) atoms. The minimum Gasteiger partial charge on any atom is -0.494 e. The van der Waals surface area contributed by atoms with E-state index in [-0.39, 0.29) is 35.8 Å². The number of fused-ring (bicyclic) bond motifs is 1. The first-order valence-corrected chi connectivity index (χ1v) is 14.3. The van der Waals surface area contributed by atoms with Crippen LogP contribution in [0.3, 0.4) is 0 Å². The molecule has 0 fully saturated rings. The van der Waals surface area contributed by atoms with Crippen molar-refractivity contribution in [3.8, 4) is 22.6 Å². The Morgan fingerprint density at radius 1 is 0.978 bits per heavy atom. The van der Waals surface area contributed by atoms with Gasteiger partial charge < -0.3 is 24.3 Å². The highest BCUT2D eigenvalue weighted by atomic mass is 19.1. The zero-order valence-electron chi connectivity index (χ0n) is 25.8. The van der Waals surface area contributed by atoms with E-state index < -0.39 is 22.8 Å². The lowest BCUT2D eigenvalue weighted by atomic mass is 10.0. The number of hydrogen-bond donors (Lipinski definition) is 1. The summed E-state index contributed by atoms with van der Waals surface area (Å²) in [5.74, 6) is -1.83. The minimum absolute atomic E-state index is 0.0307. The summed E-state index contributed by atoms with van der Waals surface area (Å²) in [6.45, 7) is 0.671. The molecule has 3 heterocycles. The molecular weight excluding hydrogens is 594 g/mol. The summed E-state index contributed by atoms with van der Waals surface area (Å²) in [4.78, 5) is 41.2. The van der Waals surface area contributed by atoms with Crippen LogP contribution in [-0.4, -0.2) is 65.1 Å². The molecule has 236 valence electrons. The van der Waals surface area contributed by atoms with Crippen LogP contribution >= 0.6 is 0 Å². The predicted octanol–water partition coefficient (Wildman–Crippen LogP) is 5.17. The number of ketones is 1. The Morgan fingerprint density at radius 3 is 2.39 bits per heavy atom. The molecule has 3 aromatic heterocycles. The zero-order valence-corrected chi connectivity index (χ0v) is 25.8. The van der Waals surface area contributed by atoms with Crippen LogP contribution in [0.15, 0.2) is 84.2 Å². The highest BCUT2D eigenvalue weighted by molar-refractivity contribution is 5.91. The van der Waals surface area contributed by atoms with Crippen molar-refractivity contribution in [1.29, 1.82) is 0 Å². The molecule has 0 aliphatic carbocycles. The summed E-state index contributed by atoms with van der Waals surface area (Å²) >= 11 is 0. The maximum atomic E-state index is 15.6. The Kier molecular flexibility index (Phi) is 9.77. The molecule has 5 rings (SSSR count). The largest absolute Gasteiger partial charge is 0.494 e. The van der Waals surface area contributed by atoms with Crippen molar-refractivity contribution in [3.63, 3.8) is 0 Å². The van der Waals surface area contributed by atoms with E-state index in [9.17, 15) is 9.59 Å². The van der Waals surface area contributed by atoms with Gasteiger partial charge in [0.2, 0.25) is 0 Å². The van der Waals surface area contributed by atoms with E-state index in [4.69, 9.17) is 9.47 Å². The molecule has 0 unspecified atom stereocenters. The summed E-state index contributed by atoms with van der Waals surface area (Å²) < 4.78 is 42.9. The first-order chi connectivity index (χ1) is 22.2. The van der Waals surface area contributed by atoms with Gasteiger partial charge >= 0.3 is 0 Å². The smallest absolute Gasteiger partial charge is 0.259 e. The molecule has 10 nitrogen and oxygen atoms in total. The lowest BCUT2D eigenvalue weighted by Gasteiger charge is -2.17. The van der Waals surface area contributed by atoms with Gasteiger partial charge in [-0.25, -0.2) is 23.7 Å². The number of rotatable bonds is 12. The fraction of sp³-hybridized carbons (Fsp3) is 0.206. The van der Waals surface area contributed by atoms with E-state index in [1.807, 2.05) is 37.2 Å². The molecule has 12 heteroatoms. The van der Waals surface area contributed by atoms with Gasteiger partial charge in [-0.2, -0.15) is 0 Å². The van der Waals surface area contributed by atoms with E-state index in [0.29, 0.717) is 34.6 Å². The standard InChI is InChI=1S/C34H32F2N6O4/c1-41(2)12-6-9-24(43)14-21-7-5-8-22(13-21)19-42-26-16-30(40-29-10-11-37-20-39-29)38-18-23(26)15-25(34(42)44)31-32(35)27(45-3)17-28(46-4)33(31)36/h5-11,13,15-18,20H,12,14,19H2,1-4H3,(H,37,38,39,40)/b9-6+. The third-order valence-electron chi connectivity index (χ3n) is 7.14. The fourth-order valence-corrected chi connectivity index (χ4v) is 4.97. The first kappa shape index (κ1) is 31.9. The Bertz CT molecular complexity index is 1950. The van der Waals surface area contributed by atoms with E-state index in [1.54, 1.807) is 36.5 Å². The second kappa shape index (κ2) is 14.1. The number of hydrogen-bond acceptors (Lipinski definition) is 9. The second-order valence-corrected chi connectivity index (χ2v) is 10.7. The molecule has 1 N–H and O–H groups in total. The molecule has 0 radical (unpaired) electrons. The lowest BCUT2D eigenvalue weighted by Crippen LogP contribution is -2.24. The van der Waals surface area contributed by atoms with Crippen LogP contribution in [0.2, 0.25) is 0 Å². The van der Waals surface area contributed by atoms with Gasteiger partial charge in [-0.3, -0.25) is 9.59 Å². The van der Waals surface area contributed by atoms with Gasteiger partial charge in [-0.05, 0) is 43.4 Å². The van der Waals surface area contributed by atoms with Crippen LogP contribution in [-0.2, 0) is 17.8 Å². The molecule has 0 saturated carbocycles. The maximum absolute atomic E-state index is 15.6. The second-order valence-electron chi connectivity index (χ2n) is 10.7. The van der Waals surface area contributed by atoms with Crippen molar-refractivity contribution >= 4 is 28.3 Å². The predicted molar refractivity (Wildman–Crippen MR) is 172 cm³/mol. The van der Waals surface area contributed by atoms with Gasteiger partial charge in [0.05, 0.1) is 37.4 Å². The van der Waals surface area contributed by atoms with Gasteiger partial charge in [0.25, 0.3) is 5.56 Å². The molecule has 0 aliphatic heterocycles. The van der Waals surface area contributed by atoms with Crippen molar-refractivity contribution < 1.29 is 23.0 Å². The Hall–Kier alpha value is -5.49. The summed E-state index contributed by atoms with van der Waals surface area (Å²) in [7, 11) is 6.31. The topological polar surface area (TPSA) is 111 Å². The molecule has 0 spiro atoms. The molecule has 2 aromatic carbocycles. The normalized spacial score (nSPS) is 11.4. The van der Waals surface area contributed by atoms with Gasteiger partial charge in [-0.1, -0.05) is 30.3 Å². The maximum Gasteiger partial charge on any atom is 0.259 e. The average Bonchev–Trinajstić information content (AvgIpc) is 3.04. The van der Waals surface area contributed by atoms with E-state index in [0.717, 1.165) is 11.6 Å². The van der Waals surface area contributed by atoms with Gasteiger partial charge in [-0.15, -0.1) is 0 Å². The monoisotopic (exact) mass is 626 g/mol. The first-order valence-electron chi connectivity index (χ1n) is 14.3. The number of allylic oxidation sites excluding steroid dienone is 1. The number of ether oxygens (including phenoxy) is 2. The summed E-state index contributed by atoms with van der Waals surface area (Å²) in [6, 6.07) is 13.1.